The van der Waals surface area contributed by atoms with Crippen LogP contribution in [-0.2, 0) is 4.74 Å². The lowest BCUT2D eigenvalue weighted by atomic mass is 10.1. The van der Waals surface area contributed by atoms with Gasteiger partial charge in [-0.2, -0.15) is 0 Å². The van der Waals surface area contributed by atoms with E-state index >= 15 is 0 Å². The first-order valence-corrected chi connectivity index (χ1v) is 7.70. The predicted octanol–water partition coefficient (Wildman–Crippen LogP) is 5.40. The Kier molecular flexibility index (Phi) is 5.07. The molecule has 0 aromatic heterocycles. The quantitative estimate of drug-likeness (QED) is 0.573. The summed E-state index contributed by atoms with van der Waals surface area (Å²) in [6.45, 7) is 5.42. The highest BCUT2D eigenvalue weighted by molar-refractivity contribution is 6.37. The zero-order valence-electron chi connectivity index (χ0n) is 13.0. The van der Waals surface area contributed by atoms with Crippen LogP contribution in [0.2, 0.25) is 10.0 Å². The van der Waals surface area contributed by atoms with Gasteiger partial charge in [0.25, 0.3) is 0 Å². The van der Waals surface area contributed by atoms with Crippen molar-refractivity contribution in [2.75, 3.05) is 5.32 Å². The van der Waals surface area contributed by atoms with Crippen LogP contribution >= 0.6 is 23.2 Å². The highest BCUT2D eigenvalue weighted by Crippen LogP contribution is 2.36. The van der Waals surface area contributed by atoms with Gasteiger partial charge in [0.05, 0.1) is 21.3 Å². The van der Waals surface area contributed by atoms with Crippen molar-refractivity contribution < 1.29 is 14.6 Å². The first-order chi connectivity index (χ1) is 10.7. The molecule has 0 saturated heterocycles. The molecule has 122 valence electrons. The highest BCUT2D eigenvalue weighted by Gasteiger charge is 2.20. The molecule has 2 N–H and O–H groups in total. The van der Waals surface area contributed by atoms with E-state index in [1.807, 2.05) is 0 Å². The SMILES string of the molecule is CC(C)(C)OC(=O)c1ccccc1Nc1cc(Cl)c(O)c(Cl)c1. The zero-order chi connectivity index (χ0) is 17.2. The van der Waals surface area contributed by atoms with E-state index in [0.29, 0.717) is 16.9 Å². The van der Waals surface area contributed by atoms with Gasteiger partial charge in [0.2, 0.25) is 0 Å². The second-order valence-electron chi connectivity index (χ2n) is 5.96. The molecule has 0 heterocycles. The second kappa shape index (κ2) is 6.69. The molecule has 0 aliphatic heterocycles. The van der Waals surface area contributed by atoms with Crippen LogP contribution < -0.4 is 5.32 Å². The minimum Gasteiger partial charge on any atom is -0.505 e. The summed E-state index contributed by atoms with van der Waals surface area (Å²) in [7, 11) is 0. The third-order valence-electron chi connectivity index (χ3n) is 2.84. The van der Waals surface area contributed by atoms with Crippen molar-refractivity contribution in [3.8, 4) is 5.75 Å². The number of carbonyl (C=O) groups excluding carboxylic acids is 1. The van der Waals surface area contributed by atoms with Gasteiger partial charge in [-0.15, -0.1) is 0 Å². The molecular formula is C17H17Cl2NO3. The summed E-state index contributed by atoms with van der Waals surface area (Å²) in [6, 6.07) is 10.00. The average Bonchev–Trinajstić information content (AvgIpc) is 2.43. The van der Waals surface area contributed by atoms with Crippen molar-refractivity contribution in [2.45, 2.75) is 26.4 Å². The van der Waals surface area contributed by atoms with Gasteiger partial charge >= 0.3 is 5.97 Å². The Morgan fingerprint density at radius 2 is 1.70 bits per heavy atom. The number of para-hydroxylation sites is 1. The average molecular weight is 354 g/mol. The summed E-state index contributed by atoms with van der Waals surface area (Å²) in [5.41, 5.74) is 0.908. The zero-order valence-corrected chi connectivity index (χ0v) is 14.5. The molecule has 0 aliphatic rings. The molecule has 0 fully saturated rings. The fraction of sp³-hybridized carbons (Fsp3) is 0.235. The van der Waals surface area contributed by atoms with Gasteiger partial charge in [0, 0.05) is 5.69 Å². The third-order valence-corrected chi connectivity index (χ3v) is 3.42. The van der Waals surface area contributed by atoms with Crippen molar-refractivity contribution >= 4 is 40.5 Å². The number of carbonyl (C=O) groups is 1. The molecule has 0 saturated carbocycles. The summed E-state index contributed by atoms with van der Waals surface area (Å²) in [5.74, 6) is -0.615. The predicted molar refractivity (Wildman–Crippen MR) is 93.0 cm³/mol. The lowest BCUT2D eigenvalue weighted by Gasteiger charge is -2.21. The fourth-order valence-electron chi connectivity index (χ4n) is 1.90. The van der Waals surface area contributed by atoms with E-state index in [2.05, 4.69) is 5.32 Å². The van der Waals surface area contributed by atoms with E-state index in [1.54, 1.807) is 45.0 Å². The number of aromatic hydroxyl groups is 1. The first kappa shape index (κ1) is 17.4. The second-order valence-corrected chi connectivity index (χ2v) is 6.78. The molecule has 0 aliphatic carbocycles. The Bertz CT molecular complexity index is 716. The number of halogens is 2. The third kappa shape index (κ3) is 4.53. The number of phenols is 1. The van der Waals surface area contributed by atoms with Crippen molar-refractivity contribution in [3.63, 3.8) is 0 Å². The van der Waals surface area contributed by atoms with Crippen LogP contribution in [0.1, 0.15) is 31.1 Å². The molecule has 2 aromatic rings. The molecule has 0 amide bonds. The van der Waals surface area contributed by atoms with Crippen LogP contribution in [0.4, 0.5) is 11.4 Å². The Hall–Kier alpha value is -1.91. The monoisotopic (exact) mass is 353 g/mol. The van der Waals surface area contributed by atoms with E-state index < -0.39 is 11.6 Å². The molecule has 0 spiro atoms. The molecule has 0 radical (unpaired) electrons. The van der Waals surface area contributed by atoms with Gasteiger partial charge in [0.1, 0.15) is 5.60 Å². The minimum atomic E-state index is -0.588. The fourth-order valence-corrected chi connectivity index (χ4v) is 2.38. The maximum absolute atomic E-state index is 12.3. The largest absolute Gasteiger partial charge is 0.505 e. The first-order valence-electron chi connectivity index (χ1n) is 6.95. The van der Waals surface area contributed by atoms with E-state index in [4.69, 9.17) is 27.9 Å². The lowest BCUT2D eigenvalue weighted by molar-refractivity contribution is 0.00707. The summed E-state index contributed by atoms with van der Waals surface area (Å²) in [5, 5.41) is 12.9. The van der Waals surface area contributed by atoms with E-state index in [1.165, 1.54) is 12.1 Å². The van der Waals surface area contributed by atoms with Crippen molar-refractivity contribution in [3.05, 3.63) is 52.0 Å². The Labute approximate surface area is 145 Å². The van der Waals surface area contributed by atoms with Crippen LogP contribution in [0.3, 0.4) is 0 Å². The molecule has 0 bridgehead atoms. The van der Waals surface area contributed by atoms with Crippen LogP contribution in [0.25, 0.3) is 0 Å². The number of phenolic OH excluding ortho intramolecular Hbond substituents is 1. The minimum absolute atomic E-state index is 0.120. The summed E-state index contributed by atoms with van der Waals surface area (Å²) in [6.07, 6.45) is 0. The van der Waals surface area contributed by atoms with Crippen LogP contribution in [-0.4, -0.2) is 16.7 Å². The topological polar surface area (TPSA) is 58.6 Å². The number of benzene rings is 2. The number of rotatable bonds is 3. The molecule has 0 atom stereocenters. The molecule has 2 aromatic carbocycles. The van der Waals surface area contributed by atoms with Gasteiger partial charge in [-0.25, -0.2) is 4.79 Å². The van der Waals surface area contributed by atoms with E-state index in [-0.39, 0.29) is 15.8 Å². The van der Waals surface area contributed by atoms with Crippen molar-refractivity contribution in [1.82, 2.24) is 0 Å². The van der Waals surface area contributed by atoms with Gasteiger partial charge in [-0.3, -0.25) is 0 Å². The van der Waals surface area contributed by atoms with Crippen LogP contribution in [0.15, 0.2) is 36.4 Å². The van der Waals surface area contributed by atoms with Gasteiger partial charge < -0.3 is 15.2 Å². The van der Waals surface area contributed by atoms with E-state index in [0.717, 1.165) is 0 Å². The number of ether oxygens (including phenoxy) is 1. The summed E-state index contributed by atoms with van der Waals surface area (Å²) in [4.78, 5) is 12.3. The van der Waals surface area contributed by atoms with Crippen molar-refractivity contribution in [1.29, 1.82) is 0 Å². The number of hydrogen-bond donors (Lipinski definition) is 2. The summed E-state index contributed by atoms with van der Waals surface area (Å²) >= 11 is 11.8. The number of hydrogen-bond acceptors (Lipinski definition) is 4. The van der Waals surface area contributed by atoms with Gasteiger partial charge in [-0.05, 0) is 45.0 Å². The Morgan fingerprint density at radius 3 is 2.26 bits per heavy atom. The number of nitrogens with one attached hydrogen (secondary N) is 1. The maximum atomic E-state index is 12.3. The molecule has 0 unspecified atom stereocenters. The molecule has 4 nitrogen and oxygen atoms in total. The van der Waals surface area contributed by atoms with Crippen LogP contribution in [0, 0.1) is 0 Å². The smallest absolute Gasteiger partial charge is 0.340 e. The highest BCUT2D eigenvalue weighted by atomic mass is 35.5. The molecular weight excluding hydrogens is 337 g/mol. The lowest BCUT2D eigenvalue weighted by Crippen LogP contribution is -2.24. The normalized spacial score (nSPS) is 11.2. The van der Waals surface area contributed by atoms with Crippen LogP contribution in [0.5, 0.6) is 5.75 Å². The van der Waals surface area contributed by atoms with Gasteiger partial charge in [0.15, 0.2) is 5.75 Å². The van der Waals surface area contributed by atoms with E-state index in [9.17, 15) is 9.90 Å². The van der Waals surface area contributed by atoms with Gasteiger partial charge in [-0.1, -0.05) is 35.3 Å². The standard InChI is InChI=1S/C17H17Cl2NO3/c1-17(2,3)23-16(22)11-6-4-5-7-14(11)20-10-8-12(18)15(21)13(19)9-10/h4-9,20-21H,1-3H3. The maximum Gasteiger partial charge on any atom is 0.340 e. The number of anilines is 2. The number of esters is 1. The molecule has 23 heavy (non-hydrogen) atoms. The Morgan fingerprint density at radius 1 is 1.13 bits per heavy atom. The molecule has 2 rings (SSSR count). The summed E-state index contributed by atoms with van der Waals surface area (Å²) < 4.78 is 5.40. The molecule has 6 heteroatoms. The Balaban J connectivity index is 2.33. The van der Waals surface area contributed by atoms with Crippen molar-refractivity contribution in [2.24, 2.45) is 0 Å².